The largest absolute Gasteiger partial charge is 0.352 e. The van der Waals surface area contributed by atoms with E-state index in [9.17, 15) is 0 Å². The Kier molecular flexibility index (Phi) is 4.31. The molecule has 0 bridgehead atoms. The first-order valence-corrected chi connectivity index (χ1v) is 9.75. The molecule has 0 N–H and O–H groups in total. The molecule has 1 fully saturated rings. The highest BCUT2D eigenvalue weighted by Gasteiger charge is 2.23. The first kappa shape index (κ1) is 17.5. The van der Waals surface area contributed by atoms with Gasteiger partial charge in [-0.05, 0) is 32.0 Å². The summed E-state index contributed by atoms with van der Waals surface area (Å²) in [5.74, 6) is 1.74. The van der Waals surface area contributed by atoms with Crippen molar-refractivity contribution in [2.45, 2.75) is 13.8 Å². The number of fused-ring (bicyclic) bond motifs is 1. The van der Waals surface area contributed by atoms with Crippen LogP contribution in [0.1, 0.15) is 11.4 Å². The van der Waals surface area contributed by atoms with E-state index < -0.39 is 0 Å². The minimum Gasteiger partial charge on any atom is -0.352 e. The molecule has 8 heteroatoms. The Bertz CT molecular complexity index is 1130. The van der Waals surface area contributed by atoms with Crippen LogP contribution in [0.15, 0.2) is 48.9 Å². The smallest absolute Gasteiger partial charge is 0.225 e. The Morgan fingerprint density at radius 3 is 2.24 bits per heavy atom. The van der Waals surface area contributed by atoms with Crippen molar-refractivity contribution >= 4 is 22.8 Å². The third kappa shape index (κ3) is 3.26. The second-order valence-electron chi connectivity index (χ2n) is 7.25. The van der Waals surface area contributed by atoms with Gasteiger partial charge in [0.05, 0.1) is 17.3 Å². The number of hydrogen-bond donors (Lipinski definition) is 0. The Hall–Kier alpha value is -3.55. The fourth-order valence-corrected chi connectivity index (χ4v) is 3.81. The summed E-state index contributed by atoms with van der Waals surface area (Å²) in [7, 11) is 0. The summed E-state index contributed by atoms with van der Waals surface area (Å²) in [6, 6.07) is 12.0. The highest BCUT2D eigenvalue weighted by molar-refractivity contribution is 5.87. The zero-order chi connectivity index (χ0) is 19.8. The molecule has 0 aliphatic carbocycles. The molecular formula is C21H22N8. The Morgan fingerprint density at radius 1 is 0.828 bits per heavy atom. The van der Waals surface area contributed by atoms with E-state index >= 15 is 0 Å². The molecule has 0 spiro atoms. The quantitative estimate of drug-likeness (QED) is 0.535. The number of para-hydroxylation sites is 1. The van der Waals surface area contributed by atoms with E-state index in [1.807, 2.05) is 61.1 Å². The molecule has 1 saturated heterocycles. The number of hydrogen-bond acceptors (Lipinski definition) is 7. The Morgan fingerprint density at radius 2 is 1.52 bits per heavy atom. The number of aryl methyl sites for hydroxylation is 2. The number of aromatic nitrogens is 6. The van der Waals surface area contributed by atoms with Gasteiger partial charge < -0.3 is 9.80 Å². The van der Waals surface area contributed by atoms with Crippen LogP contribution in [0.5, 0.6) is 0 Å². The SMILES string of the molecule is Cc1cc(C)nc(N2CCN(c3ncnc4c3cnn4-c3ccccc3)CC2)n1. The molecule has 0 radical (unpaired) electrons. The lowest BCUT2D eigenvalue weighted by molar-refractivity contribution is 0.634. The van der Waals surface area contributed by atoms with Gasteiger partial charge in [0, 0.05) is 37.6 Å². The number of rotatable bonds is 3. The first-order valence-electron chi connectivity index (χ1n) is 9.75. The van der Waals surface area contributed by atoms with Gasteiger partial charge in [-0.25, -0.2) is 24.6 Å². The number of piperazine rings is 1. The number of anilines is 2. The summed E-state index contributed by atoms with van der Waals surface area (Å²) >= 11 is 0. The summed E-state index contributed by atoms with van der Waals surface area (Å²) < 4.78 is 1.86. The van der Waals surface area contributed by atoms with Gasteiger partial charge in [-0.1, -0.05) is 18.2 Å². The lowest BCUT2D eigenvalue weighted by Gasteiger charge is -2.35. The van der Waals surface area contributed by atoms with Gasteiger partial charge in [-0.3, -0.25) is 0 Å². The third-order valence-corrected chi connectivity index (χ3v) is 5.18. The summed E-state index contributed by atoms with van der Waals surface area (Å²) in [6.07, 6.45) is 3.48. The van der Waals surface area contributed by atoms with Crippen LogP contribution in [0.4, 0.5) is 11.8 Å². The molecule has 0 atom stereocenters. The van der Waals surface area contributed by atoms with Gasteiger partial charge >= 0.3 is 0 Å². The van der Waals surface area contributed by atoms with Crippen molar-refractivity contribution in [1.82, 2.24) is 29.7 Å². The maximum Gasteiger partial charge on any atom is 0.225 e. The molecule has 8 nitrogen and oxygen atoms in total. The summed E-state index contributed by atoms with van der Waals surface area (Å²) in [6.45, 7) is 7.41. The molecule has 0 amide bonds. The van der Waals surface area contributed by atoms with Gasteiger partial charge in [0.15, 0.2) is 5.65 Å². The number of nitrogens with zero attached hydrogens (tertiary/aromatic N) is 8. The van der Waals surface area contributed by atoms with E-state index in [0.717, 1.165) is 66.1 Å². The molecule has 146 valence electrons. The van der Waals surface area contributed by atoms with E-state index in [2.05, 4.69) is 34.8 Å². The molecule has 5 rings (SSSR count). The highest BCUT2D eigenvalue weighted by atomic mass is 15.3. The highest BCUT2D eigenvalue weighted by Crippen LogP contribution is 2.26. The van der Waals surface area contributed by atoms with Crippen molar-refractivity contribution in [1.29, 1.82) is 0 Å². The van der Waals surface area contributed by atoms with Crippen LogP contribution >= 0.6 is 0 Å². The zero-order valence-corrected chi connectivity index (χ0v) is 16.5. The van der Waals surface area contributed by atoms with Crippen LogP contribution in [0.25, 0.3) is 16.7 Å². The average Bonchev–Trinajstić information content (AvgIpc) is 3.18. The van der Waals surface area contributed by atoms with E-state index in [0.29, 0.717) is 0 Å². The molecule has 1 aromatic carbocycles. The van der Waals surface area contributed by atoms with Crippen LogP contribution in [0.2, 0.25) is 0 Å². The van der Waals surface area contributed by atoms with E-state index in [4.69, 9.17) is 0 Å². The fraction of sp³-hybridized carbons (Fsp3) is 0.286. The molecule has 1 aliphatic rings. The monoisotopic (exact) mass is 386 g/mol. The minimum atomic E-state index is 0.812. The molecule has 0 unspecified atom stereocenters. The van der Waals surface area contributed by atoms with Crippen molar-refractivity contribution in [3.63, 3.8) is 0 Å². The maximum absolute atomic E-state index is 4.60. The van der Waals surface area contributed by atoms with Gasteiger partial charge in [0.2, 0.25) is 5.95 Å². The van der Waals surface area contributed by atoms with Crippen LogP contribution in [0, 0.1) is 13.8 Å². The molecular weight excluding hydrogens is 364 g/mol. The summed E-state index contributed by atoms with van der Waals surface area (Å²) in [4.78, 5) is 22.8. The van der Waals surface area contributed by atoms with Crippen molar-refractivity contribution in [2.75, 3.05) is 36.0 Å². The molecule has 4 aromatic rings. The normalized spacial score (nSPS) is 14.6. The van der Waals surface area contributed by atoms with Crippen LogP contribution in [0.3, 0.4) is 0 Å². The van der Waals surface area contributed by atoms with Crippen molar-refractivity contribution in [3.05, 3.63) is 60.3 Å². The Balaban J connectivity index is 1.40. The van der Waals surface area contributed by atoms with Gasteiger partial charge in [-0.2, -0.15) is 5.10 Å². The second kappa shape index (κ2) is 7.12. The number of benzene rings is 1. The minimum absolute atomic E-state index is 0.812. The van der Waals surface area contributed by atoms with Crippen molar-refractivity contribution in [3.8, 4) is 5.69 Å². The van der Waals surface area contributed by atoms with Gasteiger partial charge in [-0.15, -0.1) is 0 Å². The fourth-order valence-electron chi connectivity index (χ4n) is 3.81. The van der Waals surface area contributed by atoms with E-state index in [1.165, 1.54) is 0 Å². The lowest BCUT2D eigenvalue weighted by Crippen LogP contribution is -2.47. The first-order chi connectivity index (χ1) is 14.2. The van der Waals surface area contributed by atoms with E-state index in [1.54, 1.807) is 6.33 Å². The topological polar surface area (TPSA) is 75.9 Å². The molecule has 4 heterocycles. The van der Waals surface area contributed by atoms with Crippen molar-refractivity contribution in [2.24, 2.45) is 0 Å². The summed E-state index contributed by atoms with van der Waals surface area (Å²) in [5, 5.41) is 5.53. The predicted molar refractivity (Wildman–Crippen MR) is 113 cm³/mol. The van der Waals surface area contributed by atoms with Crippen LogP contribution in [-0.4, -0.2) is 55.9 Å². The second-order valence-corrected chi connectivity index (χ2v) is 7.25. The van der Waals surface area contributed by atoms with Crippen molar-refractivity contribution < 1.29 is 0 Å². The van der Waals surface area contributed by atoms with Crippen LogP contribution < -0.4 is 9.80 Å². The molecule has 0 saturated carbocycles. The molecule has 1 aliphatic heterocycles. The Labute approximate surface area is 168 Å². The molecule has 3 aromatic heterocycles. The maximum atomic E-state index is 4.60. The lowest BCUT2D eigenvalue weighted by atomic mass is 10.2. The summed E-state index contributed by atoms with van der Waals surface area (Å²) in [5.41, 5.74) is 3.81. The van der Waals surface area contributed by atoms with E-state index in [-0.39, 0.29) is 0 Å². The molecule has 29 heavy (non-hydrogen) atoms. The van der Waals surface area contributed by atoms with Gasteiger partial charge in [0.1, 0.15) is 12.1 Å². The van der Waals surface area contributed by atoms with Gasteiger partial charge in [0.25, 0.3) is 0 Å². The standard InChI is InChI=1S/C21H22N8/c1-15-12-16(2)26-21(25-15)28-10-8-27(9-11-28)19-18-13-24-29(20(18)23-14-22-19)17-6-4-3-5-7-17/h3-7,12-14H,8-11H2,1-2H3. The average molecular weight is 386 g/mol. The predicted octanol–water partition coefficient (Wildman–Crippen LogP) is 2.55. The zero-order valence-electron chi connectivity index (χ0n) is 16.5. The van der Waals surface area contributed by atoms with Crippen LogP contribution in [-0.2, 0) is 0 Å². The third-order valence-electron chi connectivity index (χ3n) is 5.18.